The molecule has 1 aliphatic heterocycles. The number of likely N-dealkylation sites (tertiary alicyclic amines) is 1. The average Bonchev–Trinajstić information content (AvgIpc) is 2.76. The second kappa shape index (κ2) is 5.14. The normalized spacial score (nSPS) is 18.3. The number of aromatic nitrogens is 2. The van der Waals surface area contributed by atoms with Crippen LogP contribution in [-0.4, -0.2) is 33.9 Å². The first-order valence-electron chi connectivity index (χ1n) is 7.05. The zero-order chi connectivity index (χ0) is 13.4. The van der Waals surface area contributed by atoms with Crippen LogP contribution in [0, 0.1) is 6.92 Å². The predicted molar refractivity (Wildman–Crippen MR) is 79.0 cm³/mol. The summed E-state index contributed by atoms with van der Waals surface area (Å²) in [5.41, 5.74) is 2.26. The lowest BCUT2D eigenvalue weighted by molar-refractivity contribution is 0.219. The first kappa shape index (κ1) is 12.9. The molecule has 1 fully saturated rings. The number of imidazole rings is 1. The van der Waals surface area contributed by atoms with Crippen LogP contribution in [0.15, 0.2) is 18.3 Å². The highest BCUT2D eigenvalue weighted by atomic mass is 35.5. The van der Waals surface area contributed by atoms with E-state index in [1.54, 1.807) is 0 Å². The quantitative estimate of drug-likeness (QED) is 0.838. The van der Waals surface area contributed by atoms with Crippen molar-refractivity contribution in [1.82, 2.24) is 14.3 Å². The fraction of sp³-hybridized carbons (Fsp3) is 0.533. The highest BCUT2D eigenvalue weighted by molar-refractivity contribution is 6.32. The Morgan fingerprint density at radius 3 is 2.79 bits per heavy atom. The monoisotopic (exact) mass is 277 g/mol. The minimum Gasteiger partial charge on any atom is -0.304 e. The van der Waals surface area contributed by atoms with Crippen LogP contribution >= 0.6 is 11.6 Å². The number of piperidine rings is 1. The van der Waals surface area contributed by atoms with Gasteiger partial charge in [0.05, 0.1) is 5.52 Å². The Morgan fingerprint density at radius 2 is 2.11 bits per heavy atom. The molecule has 0 atom stereocenters. The maximum atomic E-state index is 6.28. The molecule has 0 radical (unpaired) electrons. The molecule has 4 heteroatoms. The summed E-state index contributed by atoms with van der Waals surface area (Å²) >= 11 is 6.28. The third kappa shape index (κ3) is 2.37. The molecule has 102 valence electrons. The van der Waals surface area contributed by atoms with Gasteiger partial charge in [0.1, 0.15) is 5.82 Å². The summed E-state index contributed by atoms with van der Waals surface area (Å²) in [6.45, 7) is 7.79. The molecule has 3 heterocycles. The van der Waals surface area contributed by atoms with E-state index in [4.69, 9.17) is 11.6 Å². The van der Waals surface area contributed by atoms with E-state index in [1.807, 2.05) is 0 Å². The Hall–Kier alpha value is -1.06. The third-order valence-electron chi connectivity index (χ3n) is 4.18. The summed E-state index contributed by atoms with van der Waals surface area (Å²) in [6.07, 6.45) is 4.46. The fourth-order valence-corrected chi connectivity index (χ4v) is 3.20. The summed E-state index contributed by atoms with van der Waals surface area (Å²) in [7, 11) is 0. The molecule has 0 amide bonds. The van der Waals surface area contributed by atoms with Crippen LogP contribution in [0.25, 0.3) is 5.52 Å². The van der Waals surface area contributed by atoms with Gasteiger partial charge in [0.15, 0.2) is 5.15 Å². The molecule has 0 aromatic carbocycles. The first-order valence-corrected chi connectivity index (χ1v) is 7.43. The number of aryl methyl sites for hydroxylation is 1. The molecule has 3 rings (SSSR count). The van der Waals surface area contributed by atoms with E-state index in [9.17, 15) is 0 Å². The molecular formula is C15H20ClN3. The highest BCUT2D eigenvalue weighted by Gasteiger charge is 2.24. The fourth-order valence-electron chi connectivity index (χ4n) is 2.97. The Kier molecular flexibility index (Phi) is 3.50. The van der Waals surface area contributed by atoms with E-state index < -0.39 is 0 Å². The van der Waals surface area contributed by atoms with E-state index in [-0.39, 0.29) is 0 Å². The molecule has 2 aromatic rings. The van der Waals surface area contributed by atoms with Gasteiger partial charge in [-0.25, -0.2) is 4.98 Å². The minimum atomic E-state index is 0.533. The Balaban J connectivity index is 1.93. The number of pyridine rings is 1. The van der Waals surface area contributed by atoms with E-state index in [1.165, 1.54) is 31.5 Å². The first-order chi connectivity index (χ1) is 9.19. The zero-order valence-corrected chi connectivity index (χ0v) is 12.3. The van der Waals surface area contributed by atoms with Gasteiger partial charge >= 0.3 is 0 Å². The Morgan fingerprint density at radius 1 is 1.37 bits per heavy atom. The van der Waals surface area contributed by atoms with Crippen molar-refractivity contribution < 1.29 is 0 Å². The number of halogens is 1. The van der Waals surface area contributed by atoms with Gasteiger partial charge in [0.25, 0.3) is 0 Å². The largest absolute Gasteiger partial charge is 0.304 e. The lowest BCUT2D eigenvalue weighted by atomic mass is 9.96. The van der Waals surface area contributed by atoms with Gasteiger partial charge in [0.2, 0.25) is 0 Å². The number of fused-ring (bicyclic) bond motifs is 1. The second-order valence-corrected chi connectivity index (χ2v) is 5.79. The van der Waals surface area contributed by atoms with Crippen molar-refractivity contribution in [2.75, 3.05) is 19.6 Å². The molecule has 2 aromatic heterocycles. The summed E-state index contributed by atoms with van der Waals surface area (Å²) in [5, 5.41) is 0.636. The smallest absolute Gasteiger partial charge is 0.155 e. The summed E-state index contributed by atoms with van der Waals surface area (Å²) in [6, 6.07) is 4.23. The lowest BCUT2D eigenvalue weighted by Crippen LogP contribution is -2.33. The van der Waals surface area contributed by atoms with Crippen molar-refractivity contribution in [2.24, 2.45) is 0 Å². The molecule has 19 heavy (non-hydrogen) atoms. The van der Waals surface area contributed by atoms with Gasteiger partial charge in [-0.1, -0.05) is 18.5 Å². The van der Waals surface area contributed by atoms with Crippen LogP contribution < -0.4 is 0 Å². The maximum absolute atomic E-state index is 6.28. The maximum Gasteiger partial charge on any atom is 0.155 e. The Labute approximate surface area is 119 Å². The molecule has 1 aliphatic rings. The average molecular weight is 278 g/mol. The van der Waals surface area contributed by atoms with Crippen molar-refractivity contribution in [2.45, 2.75) is 32.6 Å². The summed E-state index contributed by atoms with van der Waals surface area (Å²) < 4.78 is 2.17. The molecule has 1 saturated heterocycles. The van der Waals surface area contributed by atoms with Crippen molar-refractivity contribution in [3.63, 3.8) is 0 Å². The molecule has 0 N–H and O–H groups in total. The highest BCUT2D eigenvalue weighted by Crippen LogP contribution is 2.30. The van der Waals surface area contributed by atoms with Crippen LogP contribution in [0.3, 0.4) is 0 Å². The van der Waals surface area contributed by atoms with Crippen molar-refractivity contribution in [1.29, 1.82) is 0 Å². The van der Waals surface area contributed by atoms with Crippen LogP contribution in [-0.2, 0) is 0 Å². The molecule has 3 nitrogen and oxygen atoms in total. The van der Waals surface area contributed by atoms with Gasteiger partial charge in [-0.3, -0.25) is 0 Å². The summed E-state index contributed by atoms with van der Waals surface area (Å²) in [5.74, 6) is 1.67. The van der Waals surface area contributed by atoms with Gasteiger partial charge in [0, 0.05) is 12.1 Å². The topological polar surface area (TPSA) is 20.5 Å². The van der Waals surface area contributed by atoms with E-state index in [2.05, 4.69) is 46.5 Å². The Bertz CT molecular complexity index is 582. The van der Waals surface area contributed by atoms with Gasteiger partial charge < -0.3 is 9.30 Å². The van der Waals surface area contributed by atoms with Gasteiger partial charge in [-0.2, -0.15) is 0 Å². The van der Waals surface area contributed by atoms with E-state index in [0.29, 0.717) is 11.1 Å². The number of rotatable bonds is 2. The molecule has 0 spiro atoms. The van der Waals surface area contributed by atoms with E-state index >= 15 is 0 Å². The second-order valence-electron chi connectivity index (χ2n) is 5.43. The van der Waals surface area contributed by atoms with Crippen LogP contribution in [0.5, 0.6) is 0 Å². The van der Waals surface area contributed by atoms with Crippen molar-refractivity contribution in [3.05, 3.63) is 34.9 Å². The van der Waals surface area contributed by atoms with Gasteiger partial charge in [-0.15, -0.1) is 0 Å². The zero-order valence-electron chi connectivity index (χ0n) is 11.6. The van der Waals surface area contributed by atoms with Gasteiger partial charge in [-0.05, 0) is 57.1 Å². The number of nitrogens with zero attached hydrogens (tertiary/aromatic N) is 3. The van der Waals surface area contributed by atoms with Crippen LogP contribution in [0.4, 0.5) is 0 Å². The standard InChI is InChI=1S/C15H20ClN3/c1-3-18-7-5-12(6-8-18)15-17-14(16)13-10-11(2)4-9-19(13)15/h4,9-10,12H,3,5-8H2,1-2H3. The summed E-state index contributed by atoms with van der Waals surface area (Å²) in [4.78, 5) is 7.11. The van der Waals surface area contributed by atoms with Crippen LogP contribution in [0.2, 0.25) is 5.15 Å². The van der Waals surface area contributed by atoms with Crippen LogP contribution in [0.1, 0.15) is 37.1 Å². The lowest BCUT2D eigenvalue weighted by Gasteiger charge is -2.30. The van der Waals surface area contributed by atoms with Crippen molar-refractivity contribution >= 4 is 17.1 Å². The SMILES string of the molecule is CCN1CCC(c2nc(Cl)c3cc(C)ccn23)CC1. The predicted octanol–water partition coefficient (Wildman–Crippen LogP) is 3.50. The molecule has 0 bridgehead atoms. The third-order valence-corrected chi connectivity index (χ3v) is 4.46. The van der Waals surface area contributed by atoms with E-state index in [0.717, 1.165) is 17.9 Å². The molecule has 0 aliphatic carbocycles. The molecule has 0 saturated carbocycles. The van der Waals surface area contributed by atoms with Crippen molar-refractivity contribution in [3.8, 4) is 0 Å². The molecule has 0 unspecified atom stereocenters. The minimum absolute atomic E-state index is 0.533. The number of hydrogen-bond donors (Lipinski definition) is 0. The molecular weight excluding hydrogens is 258 g/mol. The number of hydrogen-bond acceptors (Lipinski definition) is 2.